The summed E-state index contributed by atoms with van der Waals surface area (Å²) in [6.45, 7) is 0.692. The van der Waals surface area contributed by atoms with Crippen molar-refractivity contribution in [2.45, 2.75) is 18.8 Å². The van der Waals surface area contributed by atoms with Gasteiger partial charge in [0.25, 0.3) is 0 Å². The number of hydrogen-bond acceptors (Lipinski definition) is 4. The number of rotatable bonds is 3. The minimum absolute atomic E-state index is 0.180. The predicted octanol–water partition coefficient (Wildman–Crippen LogP) is 3.28. The number of fused-ring (bicyclic) bond motifs is 1. The Morgan fingerprint density at radius 1 is 1.44 bits per heavy atom. The molecule has 3 nitrogen and oxygen atoms in total. The Hall–Kier alpha value is -1.68. The number of carbonyl (C=O) groups is 1. The van der Waals surface area contributed by atoms with E-state index in [9.17, 15) is 4.79 Å². The maximum atomic E-state index is 12.1. The van der Waals surface area contributed by atoms with Crippen LogP contribution in [0.1, 0.15) is 34.0 Å². The molecule has 1 aliphatic rings. The summed E-state index contributed by atoms with van der Waals surface area (Å²) in [4.78, 5) is 16.8. The van der Waals surface area contributed by atoms with Gasteiger partial charge in [0.1, 0.15) is 5.75 Å². The summed E-state index contributed by atoms with van der Waals surface area (Å²) in [6.07, 6.45) is 3.10. The first-order chi connectivity index (χ1) is 8.84. The summed E-state index contributed by atoms with van der Waals surface area (Å²) in [5.74, 6) is 1.37. The molecule has 0 N–H and O–H groups in total. The first-order valence-corrected chi connectivity index (χ1v) is 6.86. The lowest BCUT2D eigenvalue weighted by atomic mass is 9.88. The Bertz CT molecular complexity index is 551. The van der Waals surface area contributed by atoms with Gasteiger partial charge in [0.2, 0.25) is 0 Å². The molecular formula is C14H13NO2S. The maximum absolute atomic E-state index is 12.1. The zero-order chi connectivity index (χ0) is 12.4. The van der Waals surface area contributed by atoms with Gasteiger partial charge in [0.05, 0.1) is 17.0 Å². The van der Waals surface area contributed by atoms with E-state index in [2.05, 4.69) is 11.1 Å². The molecule has 0 bridgehead atoms. The summed E-state index contributed by atoms with van der Waals surface area (Å²) in [5, 5.41) is 0. The fraction of sp³-hybridized carbons (Fsp3) is 0.286. The number of thiazole rings is 1. The van der Waals surface area contributed by atoms with Gasteiger partial charge >= 0.3 is 0 Å². The number of benzene rings is 1. The third kappa shape index (κ3) is 2.16. The van der Waals surface area contributed by atoms with Crippen LogP contribution in [0, 0.1) is 0 Å². The largest absolute Gasteiger partial charge is 0.493 e. The van der Waals surface area contributed by atoms with Crippen LogP contribution in [-0.2, 0) is 0 Å². The standard InChI is InChI=1S/C14H13NO2S/c16-12(14-8-15-9-18-14)7-10-5-6-17-13-4-2-1-3-11(10)13/h1-4,8-10H,5-7H2. The van der Waals surface area contributed by atoms with Gasteiger partial charge in [-0.2, -0.15) is 0 Å². The van der Waals surface area contributed by atoms with Crippen molar-refractivity contribution in [3.8, 4) is 5.75 Å². The lowest BCUT2D eigenvalue weighted by Gasteiger charge is -2.25. The Kier molecular flexibility index (Phi) is 3.11. The zero-order valence-electron chi connectivity index (χ0n) is 9.83. The van der Waals surface area contributed by atoms with Gasteiger partial charge in [0.15, 0.2) is 5.78 Å². The summed E-state index contributed by atoms with van der Waals surface area (Å²) >= 11 is 1.41. The monoisotopic (exact) mass is 259 g/mol. The first-order valence-electron chi connectivity index (χ1n) is 5.98. The van der Waals surface area contributed by atoms with Gasteiger partial charge in [-0.3, -0.25) is 9.78 Å². The number of aromatic nitrogens is 1. The van der Waals surface area contributed by atoms with Crippen molar-refractivity contribution >= 4 is 17.1 Å². The number of hydrogen-bond donors (Lipinski definition) is 0. The van der Waals surface area contributed by atoms with Crippen LogP contribution < -0.4 is 4.74 Å². The minimum Gasteiger partial charge on any atom is -0.493 e. The number of ether oxygens (including phenoxy) is 1. The first kappa shape index (κ1) is 11.4. The molecule has 1 aromatic heterocycles. The normalized spacial score (nSPS) is 17.9. The average Bonchev–Trinajstić information content (AvgIpc) is 2.93. The topological polar surface area (TPSA) is 39.2 Å². The molecule has 0 radical (unpaired) electrons. The lowest BCUT2D eigenvalue weighted by Crippen LogP contribution is -2.16. The van der Waals surface area contributed by atoms with Gasteiger partial charge in [0, 0.05) is 12.6 Å². The van der Waals surface area contributed by atoms with E-state index in [0.29, 0.717) is 13.0 Å². The van der Waals surface area contributed by atoms with E-state index in [1.165, 1.54) is 11.3 Å². The van der Waals surface area contributed by atoms with Crippen LogP contribution in [0.25, 0.3) is 0 Å². The molecule has 2 aromatic rings. The van der Waals surface area contributed by atoms with Gasteiger partial charge in [-0.1, -0.05) is 18.2 Å². The smallest absolute Gasteiger partial charge is 0.175 e. The molecule has 3 rings (SSSR count). The fourth-order valence-electron chi connectivity index (χ4n) is 2.31. The third-order valence-corrected chi connectivity index (χ3v) is 4.04. The van der Waals surface area contributed by atoms with E-state index in [-0.39, 0.29) is 11.7 Å². The summed E-state index contributed by atoms with van der Waals surface area (Å²) in [6, 6.07) is 7.99. The van der Waals surface area contributed by atoms with Gasteiger partial charge in [-0.25, -0.2) is 0 Å². The molecule has 0 amide bonds. The molecular weight excluding hydrogens is 246 g/mol. The van der Waals surface area contributed by atoms with Crippen LogP contribution in [-0.4, -0.2) is 17.4 Å². The molecule has 92 valence electrons. The fourth-order valence-corrected chi connectivity index (χ4v) is 2.88. The summed E-state index contributed by atoms with van der Waals surface area (Å²) < 4.78 is 5.60. The molecule has 1 atom stereocenters. The van der Waals surface area contributed by atoms with Gasteiger partial charge in [-0.15, -0.1) is 11.3 Å². The molecule has 0 saturated heterocycles. The molecule has 18 heavy (non-hydrogen) atoms. The number of Topliss-reactive ketones (excluding diaryl/α,β-unsaturated/α-hetero) is 1. The van der Waals surface area contributed by atoms with E-state index < -0.39 is 0 Å². The molecule has 1 aliphatic heterocycles. The SMILES string of the molecule is O=C(CC1CCOc2ccccc21)c1cncs1. The van der Waals surface area contributed by atoms with Crippen molar-refractivity contribution in [1.29, 1.82) is 0 Å². The molecule has 2 heterocycles. The van der Waals surface area contributed by atoms with Crippen molar-refractivity contribution in [2.75, 3.05) is 6.61 Å². The highest BCUT2D eigenvalue weighted by Crippen LogP contribution is 2.36. The van der Waals surface area contributed by atoms with Gasteiger partial charge in [-0.05, 0) is 24.0 Å². The second-order valence-electron chi connectivity index (χ2n) is 4.36. The van der Waals surface area contributed by atoms with E-state index in [0.717, 1.165) is 22.6 Å². The van der Waals surface area contributed by atoms with Crippen LogP contribution in [0.2, 0.25) is 0 Å². The molecule has 0 fully saturated rings. The quantitative estimate of drug-likeness (QED) is 0.794. The van der Waals surface area contributed by atoms with E-state index in [1.54, 1.807) is 11.7 Å². The highest BCUT2D eigenvalue weighted by atomic mass is 32.1. The summed E-state index contributed by atoms with van der Waals surface area (Å²) in [5.41, 5.74) is 2.85. The molecule has 1 unspecified atom stereocenters. The van der Waals surface area contributed by atoms with Crippen LogP contribution in [0.5, 0.6) is 5.75 Å². The van der Waals surface area contributed by atoms with Crippen molar-refractivity contribution in [3.63, 3.8) is 0 Å². The molecule has 0 aliphatic carbocycles. The number of carbonyl (C=O) groups excluding carboxylic acids is 1. The molecule has 4 heteroatoms. The van der Waals surface area contributed by atoms with Gasteiger partial charge < -0.3 is 4.74 Å². The molecule has 0 saturated carbocycles. The Labute approximate surface area is 109 Å². The number of ketones is 1. The Morgan fingerprint density at radius 2 is 2.33 bits per heavy atom. The van der Waals surface area contributed by atoms with Crippen LogP contribution in [0.15, 0.2) is 36.0 Å². The van der Waals surface area contributed by atoms with Crippen LogP contribution in [0.4, 0.5) is 0 Å². The molecule has 1 aromatic carbocycles. The molecule has 0 spiro atoms. The van der Waals surface area contributed by atoms with Crippen molar-refractivity contribution in [2.24, 2.45) is 0 Å². The van der Waals surface area contributed by atoms with Crippen molar-refractivity contribution in [1.82, 2.24) is 4.98 Å². The van der Waals surface area contributed by atoms with E-state index in [4.69, 9.17) is 4.74 Å². The second kappa shape index (κ2) is 4.90. The minimum atomic E-state index is 0.180. The average molecular weight is 259 g/mol. The van der Waals surface area contributed by atoms with Crippen molar-refractivity contribution in [3.05, 3.63) is 46.4 Å². The maximum Gasteiger partial charge on any atom is 0.175 e. The Balaban J connectivity index is 1.80. The van der Waals surface area contributed by atoms with Crippen molar-refractivity contribution < 1.29 is 9.53 Å². The highest BCUT2D eigenvalue weighted by Gasteiger charge is 2.24. The van der Waals surface area contributed by atoms with E-state index in [1.807, 2.05) is 18.2 Å². The number of para-hydroxylation sites is 1. The van der Waals surface area contributed by atoms with Crippen LogP contribution in [0.3, 0.4) is 0 Å². The Morgan fingerprint density at radius 3 is 3.17 bits per heavy atom. The highest BCUT2D eigenvalue weighted by molar-refractivity contribution is 7.11. The zero-order valence-corrected chi connectivity index (χ0v) is 10.7. The second-order valence-corrected chi connectivity index (χ2v) is 5.25. The lowest BCUT2D eigenvalue weighted by molar-refractivity contribution is 0.0969. The van der Waals surface area contributed by atoms with Crippen LogP contribution >= 0.6 is 11.3 Å². The summed E-state index contributed by atoms with van der Waals surface area (Å²) in [7, 11) is 0. The predicted molar refractivity (Wildman–Crippen MR) is 70.4 cm³/mol. The van der Waals surface area contributed by atoms with E-state index >= 15 is 0 Å². The number of nitrogens with zero attached hydrogens (tertiary/aromatic N) is 1. The third-order valence-electron chi connectivity index (χ3n) is 3.22.